The fraction of sp³-hybridized carbons (Fsp3) is 0.375. The minimum atomic E-state index is 0. The molecule has 1 aromatic rings. The molecule has 0 atom stereocenters. The average molecular weight is 295 g/mol. The van der Waals surface area contributed by atoms with Gasteiger partial charge in [0.1, 0.15) is 0 Å². The Morgan fingerprint density at radius 2 is 2.23 bits per heavy atom. The molecule has 0 unspecified atom stereocenters. The van der Waals surface area contributed by atoms with Crippen LogP contribution in [0.1, 0.15) is 12.5 Å². The quantitative estimate of drug-likeness (QED) is 0.272. The van der Waals surface area contributed by atoms with E-state index in [9.17, 15) is 0 Å². The van der Waals surface area contributed by atoms with E-state index in [0.29, 0.717) is 12.5 Å². The van der Waals surface area contributed by atoms with Crippen LogP contribution in [0.25, 0.3) is 0 Å². The number of nitrogens with two attached hydrogens (primary N) is 2. The first-order chi connectivity index (χ1) is 5.74. The van der Waals surface area contributed by atoms with Crippen molar-refractivity contribution >= 4 is 5.96 Å². The fourth-order valence-corrected chi connectivity index (χ4v) is 0.989. The molecule has 1 rings (SSSR count). The summed E-state index contributed by atoms with van der Waals surface area (Å²) in [6.45, 7) is 3.50. The summed E-state index contributed by atoms with van der Waals surface area (Å²) in [6.07, 6.45) is 3.32. The highest BCUT2D eigenvalue weighted by molar-refractivity contribution is 5.70. The van der Waals surface area contributed by atoms with Crippen LogP contribution in [0.3, 0.4) is 0 Å². The van der Waals surface area contributed by atoms with Crippen LogP contribution in [-0.2, 0) is 6.54 Å². The molecule has 0 amide bonds. The first-order valence-electron chi connectivity index (χ1n) is 3.88. The van der Waals surface area contributed by atoms with Crippen LogP contribution < -0.4 is 35.4 Å². The lowest BCUT2D eigenvalue weighted by molar-refractivity contribution is -0.542. The van der Waals surface area contributed by atoms with Crippen LogP contribution >= 0.6 is 0 Å². The molecule has 0 fully saturated rings. The zero-order valence-electron chi connectivity index (χ0n) is 7.53. The topological polar surface area (TPSA) is 68.2 Å². The smallest absolute Gasteiger partial charge is 0.341 e. The monoisotopic (exact) mass is 295 g/mol. The molecule has 0 spiro atoms. The van der Waals surface area contributed by atoms with E-state index in [4.69, 9.17) is 15.9 Å². The van der Waals surface area contributed by atoms with Crippen molar-refractivity contribution in [2.75, 3.05) is 6.54 Å². The summed E-state index contributed by atoms with van der Waals surface area (Å²) in [6, 6.07) is 1.89. The zero-order valence-corrected chi connectivity index (χ0v) is 9.69. The van der Waals surface area contributed by atoms with Crippen LogP contribution in [0.4, 0.5) is 0 Å². The summed E-state index contributed by atoms with van der Waals surface area (Å²) in [5, 5.41) is 0. The molecule has 1 aromatic heterocycles. The number of hydrogen-bond acceptors (Lipinski definition) is 1. The van der Waals surface area contributed by atoms with Gasteiger partial charge in [0.2, 0.25) is 0 Å². The van der Waals surface area contributed by atoms with Crippen molar-refractivity contribution in [1.29, 1.82) is 0 Å². The van der Waals surface area contributed by atoms with Crippen LogP contribution in [0.2, 0.25) is 0 Å². The van der Waals surface area contributed by atoms with E-state index in [2.05, 4.69) is 0 Å². The van der Waals surface area contributed by atoms with Gasteiger partial charge in [-0.25, -0.2) is 0 Å². The number of furan rings is 1. The van der Waals surface area contributed by atoms with Crippen molar-refractivity contribution in [2.24, 2.45) is 11.5 Å². The number of halogens is 1. The van der Waals surface area contributed by atoms with Gasteiger partial charge in [-0.2, -0.15) is 0 Å². The summed E-state index contributed by atoms with van der Waals surface area (Å²) in [4.78, 5) is 0. The molecule has 74 valence electrons. The Labute approximate surface area is 94.6 Å². The average Bonchev–Trinajstić information content (AvgIpc) is 2.51. The van der Waals surface area contributed by atoms with Gasteiger partial charge >= 0.3 is 5.96 Å². The van der Waals surface area contributed by atoms with Gasteiger partial charge in [0.05, 0.1) is 25.6 Å². The number of rotatable bonds is 3. The predicted molar refractivity (Wildman–Crippen MR) is 46.6 cm³/mol. The maximum Gasteiger partial charge on any atom is 0.341 e. The lowest BCUT2D eigenvalue weighted by Crippen LogP contribution is -3.00. The van der Waals surface area contributed by atoms with Gasteiger partial charge in [-0.1, -0.05) is 0 Å². The molecule has 0 radical (unpaired) electrons. The minimum absolute atomic E-state index is 0. The molecule has 1 heterocycles. The molecule has 0 saturated heterocycles. The van der Waals surface area contributed by atoms with Gasteiger partial charge in [-0.15, -0.1) is 0 Å². The van der Waals surface area contributed by atoms with Crippen molar-refractivity contribution in [3.63, 3.8) is 0 Å². The normalized spacial score (nSPS) is 9.00. The third-order valence-corrected chi connectivity index (χ3v) is 1.70. The lowest BCUT2D eigenvalue weighted by Gasteiger charge is -2.03. The molecule has 13 heavy (non-hydrogen) atoms. The highest BCUT2D eigenvalue weighted by Crippen LogP contribution is 2.00. The number of nitrogens with zero attached hydrogens (tertiary/aromatic N) is 1. The molecule has 4 N–H and O–H groups in total. The Kier molecular flexibility index (Phi) is 5.52. The maximum absolute atomic E-state index is 5.45. The highest BCUT2D eigenvalue weighted by atomic mass is 127. The van der Waals surface area contributed by atoms with Crippen LogP contribution in [0.5, 0.6) is 0 Å². The van der Waals surface area contributed by atoms with Crippen LogP contribution in [0.15, 0.2) is 23.0 Å². The third kappa shape index (κ3) is 3.67. The van der Waals surface area contributed by atoms with E-state index in [0.717, 1.165) is 12.1 Å². The Balaban J connectivity index is 0.00000144. The van der Waals surface area contributed by atoms with E-state index in [1.165, 1.54) is 0 Å². The Bertz CT molecular complexity index is 265. The highest BCUT2D eigenvalue weighted by Gasteiger charge is 2.03. The van der Waals surface area contributed by atoms with E-state index in [-0.39, 0.29) is 24.0 Å². The second-order valence-corrected chi connectivity index (χ2v) is 2.57. The largest absolute Gasteiger partial charge is 1.00 e. The standard InChI is InChI=1S/C8H13N3O.HI/c1-2-11(8(9)10)5-7-3-4-12-6-7;/h3-4,6H,2,5H2,1H3,(H3,9,10);1H. The lowest BCUT2D eigenvalue weighted by atomic mass is 10.3. The molecule has 5 heteroatoms. The summed E-state index contributed by atoms with van der Waals surface area (Å²) < 4.78 is 6.79. The second kappa shape index (κ2) is 5.85. The van der Waals surface area contributed by atoms with Gasteiger partial charge < -0.3 is 28.4 Å². The molecule has 0 aromatic carbocycles. The minimum Gasteiger partial charge on any atom is -1.00 e. The van der Waals surface area contributed by atoms with Gasteiger partial charge in [-0.3, -0.25) is 16.0 Å². The summed E-state index contributed by atoms with van der Waals surface area (Å²) in [5.74, 6) is 0.346. The Morgan fingerprint density at radius 3 is 2.62 bits per heavy atom. The molecular weight excluding hydrogens is 281 g/mol. The summed E-state index contributed by atoms with van der Waals surface area (Å²) in [7, 11) is 0. The van der Waals surface area contributed by atoms with Gasteiger partial charge in [0.15, 0.2) is 0 Å². The zero-order chi connectivity index (χ0) is 8.97. The van der Waals surface area contributed by atoms with Crippen LogP contribution in [0, 0.1) is 0 Å². The fourth-order valence-electron chi connectivity index (χ4n) is 0.989. The van der Waals surface area contributed by atoms with Crippen molar-refractivity contribution < 1.29 is 33.0 Å². The third-order valence-electron chi connectivity index (χ3n) is 1.70. The molecular formula is C8H14IN3O. The molecule has 0 bridgehead atoms. The first kappa shape index (κ1) is 12.3. The Hall–Kier alpha value is -0.720. The summed E-state index contributed by atoms with van der Waals surface area (Å²) in [5.41, 5.74) is 12.0. The van der Waals surface area contributed by atoms with Crippen molar-refractivity contribution in [1.82, 2.24) is 0 Å². The molecule has 0 aliphatic rings. The first-order valence-corrected chi connectivity index (χ1v) is 3.88. The van der Waals surface area contributed by atoms with Gasteiger partial charge in [0, 0.05) is 5.56 Å². The molecule has 0 saturated carbocycles. The van der Waals surface area contributed by atoms with Gasteiger partial charge in [-0.05, 0) is 13.0 Å². The second-order valence-electron chi connectivity index (χ2n) is 2.57. The molecule has 0 aliphatic heterocycles. The van der Waals surface area contributed by atoms with Crippen molar-refractivity contribution in [3.8, 4) is 0 Å². The predicted octanol–water partition coefficient (Wildman–Crippen LogP) is -2.91. The SMILES string of the molecule is CC[N+](Cc1ccoc1)=C(N)N.[I-]. The van der Waals surface area contributed by atoms with E-state index < -0.39 is 0 Å². The van der Waals surface area contributed by atoms with Gasteiger partial charge in [0.25, 0.3) is 0 Å². The van der Waals surface area contributed by atoms with Crippen LogP contribution in [-0.4, -0.2) is 17.1 Å². The van der Waals surface area contributed by atoms with Crippen molar-refractivity contribution in [2.45, 2.75) is 13.5 Å². The number of hydrogen-bond donors (Lipinski definition) is 2. The number of guanidine groups is 1. The van der Waals surface area contributed by atoms with E-state index in [1.54, 1.807) is 12.5 Å². The summed E-state index contributed by atoms with van der Waals surface area (Å²) >= 11 is 0. The maximum atomic E-state index is 5.45. The van der Waals surface area contributed by atoms with Crippen molar-refractivity contribution in [3.05, 3.63) is 24.2 Å². The molecule has 0 aliphatic carbocycles. The molecule has 4 nitrogen and oxygen atoms in total. The van der Waals surface area contributed by atoms with E-state index in [1.807, 2.05) is 17.6 Å². The van der Waals surface area contributed by atoms with E-state index >= 15 is 0 Å². The Morgan fingerprint density at radius 1 is 1.54 bits per heavy atom.